The maximum Gasteiger partial charge on any atom is 0.573 e. The Hall–Kier alpha value is -1.26. The Balaban J connectivity index is 3.28. The van der Waals surface area contributed by atoms with Gasteiger partial charge >= 0.3 is 12.3 Å². The largest absolute Gasteiger partial charge is 0.573 e. The van der Waals surface area contributed by atoms with Crippen LogP contribution in [0.25, 0.3) is 0 Å². The van der Waals surface area contributed by atoms with Gasteiger partial charge in [0.25, 0.3) is 0 Å². The van der Waals surface area contributed by atoms with Crippen LogP contribution in [0.2, 0.25) is 0 Å². The summed E-state index contributed by atoms with van der Waals surface area (Å²) >= 11 is 1.72. The molecule has 0 aromatic carbocycles. The molecule has 1 rings (SSSR count). The maximum atomic E-state index is 12.2. The highest BCUT2D eigenvalue weighted by Gasteiger charge is 2.33. The summed E-state index contributed by atoms with van der Waals surface area (Å²) in [5.41, 5.74) is -0.207. The van der Waals surface area contributed by atoms with Crippen molar-refractivity contribution in [3.05, 3.63) is 15.5 Å². The zero-order valence-corrected chi connectivity index (χ0v) is 11.1. The molecule has 0 aliphatic heterocycles. The minimum absolute atomic E-state index is 0.0419. The predicted octanol–water partition coefficient (Wildman–Crippen LogP) is 2.22. The number of nitrogens with zero attached hydrogens (tertiary/aromatic N) is 1. The van der Waals surface area contributed by atoms with Crippen LogP contribution in [-0.2, 0) is 11.2 Å². The van der Waals surface area contributed by atoms with Crippen LogP contribution in [0.5, 0.6) is 11.5 Å². The third kappa shape index (κ3) is 3.89. The molecule has 0 unspecified atom stereocenters. The fourth-order valence-corrected chi connectivity index (χ4v) is 1.91. The zero-order chi connectivity index (χ0) is 13.9. The van der Waals surface area contributed by atoms with Crippen molar-refractivity contribution in [3.8, 4) is 11.5 Å². The normalized spacial score (nSPS) is 11.2. The van der Waals surface area contributed by atoms with Gasteiger partial charge in [-0.25, -0.2) is 4.98 Å². The van der Waals surface area contributed by atoms with Crippen molar-refractivity contribution in [3.63, 3.8) is 0 Å². The second-order valence-corrected chi connectivity index (χ2v) is 4.07. The van der Waals surface area contributed by atoms with Crippen LogP contribution in [0.4, 0.5) is 13.2 Å². The lowest BCUT2D eigenvalue weighted by Crippen LogP contribution is -2.19. The third-order valence-corrected chi connectivity index (χ3v) is 2.58. The van der Waals surface area contributed by atoms with Gasteiger partial charge in [-0.05, 0) is 22.6 Å². The number of alkyl halides is 3. The molecular formula is C9H7F3INO4. The number of carboxylic acid groups (broad SMARTS) is 1. The number of aromatic nitrogens is 1. The van der Waals surface area contributed by atoms with Crippen LogP contribution >= 0.6 is 22.6 Å². The highest BCUT2D eigenvalue weighted by Crippen LogP contribution is 2.34. The van der Waals surface area contributed by atoms with Crippen molar-refractivity contribution in [2.24, 2.45) is 0 Å². The molecule has 0 aliphatic carbocycles. The summed E-state index contributed by atoms with van der Waals surface area (Å²) in [4.78, 5) is 14.3. The van der Waals surface area contributed by atoms with Gasteiger partial charge in [0.2, 0.25) is 0 Å². The Morgan fingerprint density at radius 1 is 1.56 bits per heavy atom. The highest BCUT2D eigenvalue weighted by atomic mass is 127. The van der Waals surface area contributed by atoms with E-state index in [-0.39, 0.29) is 15.0 Å². The number of ether oxygens (including phenoxy) is 2. The molecule has 1 aromatic rings. The van der Waals surface area contributed by atoms with Crippen molar-refractivity contribution in [2.45, 2.75) is 12.8 Å². The molecule has 1 N–H and O–H groups in total. The fraction of sp³-hybridized carbons (Fsp3) is 0.333. The van der Waals surface area contributed by atoms with E-state index in [1.54, 1.807) is 22.6 Å². The van der Waals surface area contributed by atoms with E-state index in [0.29, 0.717) is 0 Å². The zero-order valence-electron chi connectivity index (χ0n) is 8.92. The first-order valence-corrected chi connectivity index (χ1v) is 5.51. The van der Waals surface area contributed by atoms with Gasteiger partial charge in [-0.1, -0.05) is 0 Å². The minimum atomic E-state index is -4.92. The van der Waals surface area contributed by atoms with Gasteiger partial charge in [-0.15, -0.1) is 13.2 Å². The summed E-state index contributed by atoms with van der Waals surface area (Å²) in [6.45, 7) is 0. The standard InChI is InChI=1S/C9H7F3INO4/c1-17-7-4(2-6(15)16)5(3-14-8(7)13)18-9(10,11)12/h3H,2H2,1H3,(H,15,16). The smallest absolute Gasteiger partial charge is 0.494 e. The molecule has 0 amide bonds. The van der Waals surface area contributed by atoms with Crippen molar-refractivity contribution in [2.75, 3.05) is 7.11 Å². The predicted molar refractivity (Wildman–Crippen MR) is 61.5 cm³/mol. The number of hydrogen-bond donors (Lipinski definition) is 1. The highest BCUT2D eigenvalue weighted by molar-refractivity contribution is 14.1. The monoisotopic (exact) mass is 377 g/mol. The van der Waals surface area contributed by atoms with Crippen LogP contribution < -0.4 is 9.47 Å². The lowest BCUT2D eigenvalue weighted by Gasteiger charge is -2.15. The first-order chi connectivity index (χ1) is 8.24. The van der Waals surface area contributed by atoms with Crippen LogP contribution in [0.15, 0.2) is 6.20 Å². The third-order valence-electron chi connectivity index (χ3n) is 1.81. The second-order valence-electron chi connectivity index (χ2n) is 3.04. The lowest BCUT2D eigenvalue weighted by molar-refractivity contribution is -0.275. The number of pyridine rings is 1. The van der Waals surface area contributed by atoms with Gasteiger partial charge in [0, 0.05) is 0 Å². The summed E-state index contributed by atoms with van der Waals surface area (Å²) in [6, 6.07) is 0. The molecule has 0 saturated heterocycles. The SMILES string of the molecule is COc1c(I)ncc(OC(F)(F)F)c1CC(=O)O. The van der Waals surface area contributed by atoms with Crippen LogP contribution in [0.1, 0.15) is 5.56 Å². The van der Waals surface area contributed by atoms with Crippen molar-refractivity contribution < 1.29 is 32.5 Å². The van der Waals surface area contributed by atoms with Gasteiger partial charge < -0.3 is 14.6 Å². The van der Waals surface area contributed by atoms with Gasteiger partial charge in [-0.3, -0.25) is 4.79 Å². The number of carboxylic acids is 1. The molecule has 100 valence electrons. The summed E-state index contributed by atoms with van der Waals surface area (Å²) in [7, 11) is 1.21. The fourth-order valence-electron chi connectivity index (χ4n) is 1.23. The topological polar surface area (TPSA) is 68.7 Å². The molecule has 0 atom stereocenters. The van der Waals surface area contributed by atoms with Crippen molar-refractivity contribution >= 4 is 28.6 Å². The van der Waals surface area contributed by atoms with E-state index >= 15 is 0 Å². The number of halogens is 4. The van der Waals surface area contributed by atoms with Crippen molar-refractivity contribution in [1.82, 2.24) is 4.98 Å². The Morgan fingerprint density at radius 3 is 2.61 bits per heavy atom. The van der Waals surface area contributed by atoms with Crippen LogP contribution in [0, 0.1) is 3.70 Å². The average molecular weight is 377 g/mol. The van der Waals surface area contributed by atoms with E-state index in [2.05, 4.69) is 9.72 Å². The van der Waals surface area contributed by atoms with Crippen LogP contribution in [0.3, 0.4) is 0 Å². The Labute approximate surface area is 113 Å². The van der Waals surface area contributed by atoms with E-state index in [0.717, 1.165) is 6.20 Å². The Kier molecular flexibility index (Phi) is 4.59. The van der Waals surface area contributed by atoms with Gasteiger partial charge in [0.05, 0.1) is 25.3 Å². The summed E-state index contributed by atoms with van der Waals surface area (Å²) in [6.07, 6.45) is -4.77. The molecule has 1 aromatic heterocycles. The van der Waals surface area contributed by atoms with E-state index in [1.807, 2.05) is 0 Å². The molecule has 0 saturated carbocycles. The molecular weight excluding hydrogens is 370 g/mol. The van der Waals surface area contributed by atoms with Gasteiger partial charge in [-0.2, -0.15) is 0 Å². The molecule has 0 aliphatic rings. The summed E-state index contributed by atoms with van der Waals surface area (Å²) in [5.74, 6) is -2.02. The first kappa shape index (κ1) is 14.8. The Morgan fingerprint density at radius 2 is 2.17 bits per heavy atom. The van der Waals surface area contributed by atoms with E-state index in [4.69, 9.17) is 9.84 Å². The number of carbonyl (C=O) groups is 1. The number of rotatable bonds is 4. The van der Waals surface area contributed by atoms with Crippen LogP contribution in [-0.4, -0.2) is 29.5 Å². The second kappa shape index (κ2) is 5.59. The quantitative estimate of drug-likeness (QED) is 0.644. The summed E-state index contributed by atoms with van der Waals surface area (Å²) < 4.78 is 45.3. The summed E-state index contributed by atoms with van der Waals surface area (Å²) in [5, 5.41) is 8.69. The van der Waals surface area contributed by atoms with Crippen molar-refractivity contribution in [1.29, 1.82) is 0 Å². The minimum Gasteiger partial charge on any atom is -0.494 e. The molecule has 0 radical (unpaired) electrons. The molecule has 0 bridgehead atoms. The molecule has 0 spiro atoms. The number of hydrogen-bond acceptors (Lipinski definition) is 4. The van der Waals surface area contributed by atoms with Gasteiger partial charge in [0.15, 0.2) is 11.5 Å². The first-order valence-electron chi connectivity index (χ1n) is 4.43. The number of aliphatic carboxylic acids is 1. The van der Waals surface area contributed by atoms with E-state index in [1.165, 1.54) is 7.11 Å². The Bertz CT molecular complexity index is 464. The van der Waals surface area contributed by atoms with E-state index in [9.17, 15) is 18.0 Å². The molecule has 18 heavy (non-hydrogen) atoms. The van der Waals surface area contributed by atoms with Gasteiger partial charge in [0.1, 0.15) is 3.70 Å². The lowest BCUT2D eigenvalue weighted by atomic mass is 10.1. The average Bonchev–Trinajstić information content (AvgIpc) is 2.20. The van der Waals surface area contributed by atoms with E-state index < -0.39 is 24.5 Å². The molecule has 0 fully saturated rings. The number of methoxy groups -OCH3 is 1. The molecule has 5 nitrogen and oxygen atoms in total. The molecule has 9 heteroatoms. The molecule has 1 heterocycles. The maximum absolute atomic E-state index is 12.2.